The van der Waals surface area contributed by atoms with E-state index in [-0.39, 0.29) is 0 Å². The lowest BCUT2D eigenvalue weighted by molar-refractivity contribution is 0.558. The Morgan fingerprint density at radius 1 is 1.40 bits per heavy atom. The molecule has 0 spiro atoms. The van der Waals surface area contributed by atoms with Crippen LogP contribution in [0.5, 0.6) is 0 Å². The molecule has 1 heterocycles. The lowest BCUT2D eigenvalue weighted by Crippen LogP contribution is -2.19. The molecule has 0 bridgehead atoms. The van der Waals surface area contributed by atoms with E-state index in [2.05, 4.69) is 38.0 Å². The minimum absolute atomic E-state index is 0.453. The molecule has 1 N–H and O–H groups in total. The van der Waals surface area contributed by atoms with E-state index in [9.17, 15) is 0 Å². The Balaban J connectivity index is 2.56. The Hall–Kier alpha value is -0.410. The summed E-state index contributed by atoms with van der Waals surface area (Å²) in [5.41, 5.74) is 1.20. The molecular weight excluding hydrogens is 204 g/mol. The van der Waals surface area contributed by atoms with Gasteiger partial charge in [-0.2, -0.15) is 0 Å². The van der Waals surface area contributed by atoms with Gasteiger partial charge < -0.3 is 5.32 Å². The van der Waals surface area contributed by atoms with Crippen molar-refractivity contribution in [3.63, 3.8) is 0 Å². The third-order valence-electron chi connectivity index (χ3n) is 2.55. The Morgan fingerprint density at radius 2 is 2.13 bits per heavy atom. The van der Waals surface area contributed by atoms with E-state index in [0.29, 0.717) is 6.04 Å². The lowest BCUT2D eigenvalue weighted by Gasteiger charge is -2.11. The van der Waals surface area contributed by atoms with Crippen LogP contribution in [0.15, 0.2) is 0 Å². The number of thiazole rings is 1. The number of nitrogens with zero attached hydrogens (tertiary/aromatic N) is 1. The highest BCUT2D eigenvalue weighted by molar-refractivity contribution is 7.11. The van der Waals surface area contributed by atoms with Gasteiger partial charge in [-0.25, -0.2) is 4.98 Å². The molecular formula is C12H22N2S. The van der Waals surface area contributed by atoms with Crippen LogP contribution in [0.3, 0.4) is 0 Å². The molecule has 0 saturated heterocycles. The number of aromatic nitrogens is 1. The Bertz CT molecular complexity index is 294. The van der Waals surface area contributed by atoms with E-state index in [4.69, 9.17) is 0 Å². The molecule has 15 heavy (non-hydrogen) atoms. The molecule has 0 saturated carbocycles. The molecule has 2 nitrogen and oxygen atoms in total. The summed E-state index contributed by atoms with van der Waals surface area (Å²) in [4.78, 5) is 5.96. The summed E-state index contributed by atoms with van der Waals surface area (Å²) in [6, 6.07) is 0.453. The SMILES string of the molecule is CCCCNC(C)c1sc(CC)nc1C. The molecule has 1 atom stereocenters. The van der Waals surface area contributed by atoms with Crippen molar-refractivity contribution in [2.75, 3.05) is 6.54 Å². The molecule has 0 aliphatic rings. The van der Waals surface area contributed by atoms with E-state index >= 15 is 0 Å². The second-order valence-electron chi connectivity index (χ2n) is 3.94. The maximum atomic E-state index is 4.56. The molecule has 1 aromatic rings. The van der Waals surface area contributed by atoms with Gasteiger partial charge in [0.1, 0.15) is 0 Å². The highest BCUT2D eigenvalue weighted by Gasteiger charge is 2.12. The molecule has 0 radical (unpaired) electrons. The summed E-state index contributed by atoms with van der Waals surface area (Å²) < 4.78 is 0. The van der Waals surface area contributed by atoms with Crippen LogP contribution in [-0.2, 0) is 6.42 Å². The molecule has 0 amide bonds. The number of rotatable bonds is 6. The number of nitrogens with one attached hydrogen (secondary N) is 1. The van der Waals surface area contributed by atoms with Crippen molar-refractivity contribution >= 4 is 11.3 Å². The van der Waals surface area contributed by atoms with Crippen LogP contribution in [0.4, 0.5) is 0 Å². The van der Waals surface area contributed by atoms with Crippen molar-refractivity contribution in [2.24, 2.45) is 0 Å². The zero-order valence-electron chi connectivity index (χ0n) is 10.3. The number of hydrogen-bond acceptors (Lipinski definition) is 3. The minimum atomic E-state index is 0.453. The zero-order valence-corrected chi connectivity index (χ0v) is 11.1. The van der Waals surface area contributed by atoms with Gasteiger partial charge in [-0.15, -0.1) is 11.3 Å². The average molecular weight is 226 g/mol. The third kappa shape index (κ3) is 3.58. The predicted molar refractivity (Wildman–Crippen MR) is 67.6 cm³/mol. The van der Waals surface area contributed by atoms with Crippen LogP contribution < -0.4 is 5.32 Å². The summed E-state index contributed by atoms with van der Waals surface area (Å²) in [7, 11) is 0. The topological polar surface area (TPSA) is 24.9 Å². The average Bonchev–Trinajstić information content (AvgIpc) is 2.60. The first-order valence-electron chi connectivity index (χ1n) is 5.88. The molecule has 1 aromatic heterocycles. The van der Waals surface area contributed by atoms with E-state index in [0.717, 1.165) is 13.0 Å². The monoisotopic (exact) mass is 226 g/mol. The second-order valence-corrected chi connectivity index (χ2v) is 5.06. The molecule has 1 unspecified atom stereocenters. The highest BCUT2D eigenvalue weighted by Crippen LogP contribution is 2.25. The molecule has 0 aliphatic carbocycles. The van der Waals surface area contributed by atoms with E-state index in [1.807, 2.05) is 11.3 Å². The quantitative estimate of drug-likeness (QED) is 0.751. The normalized spacial score (nSPS) is 13.1. The maximum absolute atomic E-state index is 4.56. The number of hydrogen-bond donors (Lipinski definition) is 1. The fourth-order valence-corrected chi connectivity index (χ4v) is 2.64. The first-order valence-corrected chi connectivity index (χ1v) is 6.70. The van der Waals surface area contributed by atoms with Crippen molar-refractivity contribution in [3.05, 3.63) is 15.6 Å². The number of unbranched alkanes of at least 4 members (excludes halogenated alkanes) is 1. The smallest absolute Gasteiger partial charge is 0.0928 e. The standard InChI is InChI=1S/C12H22N2S/c1-5-7-8-13-9(3)12-10(4)14-11(6-2)15-12/h9,13H,5-8H2,1-4H3. The first-order chi connectivity index (χ1) is 7.19. The Labute approximate surface area is 97.1 Å². The molecule has 86 valence electrons. The van der Waals surface area contributed by atoms with Gasteiger partial charge in [0.15, 0.2) is 0 Å². The van der Waals surface area contributed by atoms with E-state index < -0.39 is 0 Å². The summed E-state index contributed by atoms with van der Waals surface area (Å²) in [5, 5.41) is 4.80. The van der Waals surface area contributed by atoms with Gasteiger partial charge in [0.2, 0.25) is 0 Å². The van der Waals surface area contributed by atoms with Crippen molar-refractivity contribution in [3.8, 4) is 0 Å². The summed E-state index contributed by atoms with van der Waals surface area (Å²) >= 11 is 1.85. The van der Waals surface area contributed by atoms with Gasteiger partial charge >= 0.3 is 0 Å². The van der Waals surface area contributed by atoms with Crippen LogP contribution >= 0.6 is 11.3 Å². The van der Waals surface area contributed by atoms with Crippen LogP contribution in [-0.4, -0.2) is 11.5 Å². The van der Waals surface area contributed by atoms with Crippen molar-refractivity contribution < 1.29 is 0 Å². The highest BCUT2D eigenvalue weighted by atomic mass is 32.1. The number of aryl methyl sites for hydroxylation is 2. The summed E-state index contributed by atoms with van der Waals surface area (Å²) in [6.07, 6.45) is 3.55. The zero-order chi connectivity index (χ0) is 11.3. The Kier molecular flexibility index (Phi) is 5.26. The van der Waals surface area contributed by atoms with Gasteiger partial charge in [0.05, 0.1) is 10.7 Å². The summed E-state index contributed by atoms with van der Waals surface area (Å²) in [5.74, 6) is 0. The maximum Gasteiger partial charge on any atom is 0.0928 e. The van der Waals surface area contributed by atoms with E-state index in [1.165, 1.54) is 28.4 Å². The van der Waals surface area contributed by atoms with Crippen molar-refractivity contribution in [2.45, 2.75) is 53.0 Å². The van der Waals surface area contributed by atoms with Crippen molar-refractivity contribution in [1.82, 2.24) is 10.3 Å². The van der Waals surface area contributed by atoms with Crippen LogP contribution in [0.2, 0.25) is 0 Å². The lowest BCUT2D eigenvalue weighted by atomic mass is 10.2. The van der Waals surface area contributed by atoms with Crippen LogP contribution in [0.25, 0.3) is 0 Å². The van der Waals surface area contributed by atoms with Crippen molar-refractivity contribution in [1.29, 1.82) is 0 Å². The fraction of sp³-hybridized carbons (Fsp3) is 0.750. The van der Waals surface area contributed by atoms with Crippen LogP contribution in [0, 0.1) is 6.92 Å². The second kappa shape index (κ2) is 6.23. The molecule has 0 fully saturated rings. The van der Waals surface area contributed by atoms with Gasteiger partial charge in [0.25, 0.3) is 0 Å². The van der Waals surface area contributed by atoms with Gasteiger partial charge in [-0.05, 0) is 33.2 Å². The van der Waals surface area contributed by atoms with E-state index in [1.54, 1.807) is 0 Å². The van der Waals surface area contributed by atoms with Gasteiger partial charge in [0, 0.05) is 10.9 Å². The molecule has 0 aliphatic heterocycles. The predicted octanol–water partition coefficient (Wildman–Crippen LogP) is 3.46. The molecule has 3 heteroatoms. The molecule has 0 aromatic carbocycles. The van der Waals surface area contributed by atoms with Gasteiger partial charge in [-0.3, -0.25) is 0 Å². The minimum Gasteiger partial charge on any atom is -0.309 e. The first kappa shape index (κ1) is 12.7. The third-order valence-corrected chi connectivity index (χ3v) is 4.04. The largest absolute Gasteiger partial charge is 0.309 e. The fourth-order valence-electron chi connectivity index (χ4n) is 1.61. The molecule has 1 rings (SSSR count). The Morgan fingerprint density at radius 3 is 2.67 bits per heavy atom. The summed E-state index contributed by atoms with van der Waals surface area (Å²) in [6.45, 7) is 9.84. The van der Waals surface area contributed by atoms with Crippen LogP contribution in [0.1, 0.15) is 55.2 Å². The van der Waals surface area contributed by atoms with Gasteiger partial charge in [-0.1, -0.05) is 20.3 Å².